The second kappa shape index (κ2) is 6.24. The molecule has 16 heavy (non-hydrogen) atoms. The maximum absolute atomic E-state index is 10.6. The Labute approximate surface area is 98.4 Å². The largest absolute Gasteiger partial charge is 0.481 e. The molecule has 0 amide bonds. The van der Waals surface area contributed by atoms with Gasteiger partial charge >= 0.3 is 5.97 Å². The predicted octanol–water partition coefficient (Wildman–Crippen LogP) is 2.64. The standard InChI is InChI=1S/C13H25NO2/c1-9(11-6-4-3-5-7-11)10(2)12(14)8-13(15)16/h9-12H,3-8,14H2,1-2H3,(H,15,16). The molecule has 0 aliphatic heterocycles. The summed E-state index contributed by atoms with van der Waals surface area (Å²) >= 11 is 0. The molecule has 1 fully saturated rings. The molecule has 1 saturated carbocycles. The lowest BCUT2D eigenvalue weighted by Crippen LogP contribution is -2.37. The third-order valence-electron chi connectivity index (χ3n) is 4.31. The molecule has 0 aromatic carbocycles. The van der Waals surface area contributed by atoms with Gasteiger partial charge < -0.3 is 10.8 Å². The molecular formula is C13H25NO2. The number of rotatable bonds is 5. The van der Waals surface area contributed by atoms with Crippen molar-refractivity contribution in [3.8, 4) is 0 Å². The number of aliphatic carboxylic acids is 1. The zero-order chi connectivity index (χ0) is 12.1. The number of carboxylic acid groups (broad SMARTS) is 1. The van der Waals surface area contributed by atoms with Crippen molar-refractivity contribution in [1.82, 2.24) is 0 Å². The topological polar surface area (TPSA) is 63.3 Å². The lowest BCUT2D eigenvalue weighted by Gasteiger charge is -2.34. The average molecular weight is 227 g/mol. The van der Waals surface area contributed by atoms with Crippen molar-refractivity contribution in [2.75, 3.05) is 0 Å². The molecule has 3 N–H and O–H groups in total. The minimum Gasteiger partial charge on any atom is -0.481 e. The molecule has 0 radical (unpaired) electrons. The highest BCUT2D eigenvalue weighted by Crippen LogP contribution is 2.34. The van der Waals surface area contributed by atoms with Crippen LogP contribution in [0.3, 0.4) is 0 Å². The van der Waals surface area contributed by atoms with Gasteiger partial charge in [-0.15, -0.1) is 0 Å². The summed E-state index contributed by atoms with van der Waals surface area (Å²) in [5, 5.41) is 8.74. The van der Waals surface area contributed by atoms with Crippen LogP contribution in [0.25, 0.3) is 0 Å². The van der Waals surface area contributed by atoms with E-state index in [1.54, 1.807) is 0 Å². The van der Waals surface area contributed by atoms with Crippen LogP contribution in [0.4, 0.5) is 0 Å². The van der Waals surface area contributed by atoms with Gasteiger partial charge in [-0.05, 0) is 17.8 Å². The predicted molar refractivity (Wildman–Crippen MR) is 65.1 cm³/mol. The van der Waals surface area contributed by atoms with Crippen LogP contribution >= 0.6 is 0 Å². The van der Waals surface area contributed by atoms with E-state index in [-0.39, 0.29) is 12.5 Å². The number of carbonyl (C=O) groups is 1. The molecule has 3 unspecified atom stereocenters. The first kappa shape index (κ1) is 13.5. The molecule has 3 nitrogen and oxygen atoms in total. The van der Waals surface area contributed by atoms with Crippen molar-refractivity contribution in [2.45, 2.75) is 58.4 Å². The molecule has 0 bridgehead atoms. The van der Waals surface area contributed by atoms with Crippen LogP contribution in [0.15, 0.2) is 0 Å². The lowest BCUT2D eigenvalue weighted by molar-refractivity contribution is -0.137. The normalized spacial score (nSPS) is 23.7. The van der Waals surface area contributed by atoms with Crippen molar-refractivity contribution < 1.29 is 9.90 Å². The fourth-order valence-electron chi connectivity index (χ4n) is 2.87. The number of carboxylic acids is 1. The first-order chi connectivity index (χ1) is 7.52. The molecular weight excluding hydrogens is 202 g/mol. The Hall–Kier alpha value is -0.570. The fourth-order valence-corrected chi connectivity index (χ4v) is 2.87. The van der Waals surface area contributed by atoms with Gasteiger partial charge in [0.05, 0.1) is 6.42 Å². The smallest absolute Gasteiger partial charge is 0.304 e. The average Bonchev–Trinajstić information content (AvgIpc) is 2.27. The molecule has 0 aromatic heterocycles. The summed E-state index contributed by atoms with van der Waals surface area (Å²) in [6, 6.07) is -0.200. The van der Waals surface area contributed by atoms with Crippen molar-refractivity contribution in [2.24, 2.45) is 23.5 Å². The van der Waals surface area contributed by atoms with Gasteiger partial charge in [-0.25, -0.2) is 0 Å². The zero-order valence-electron chi connectivity index (χ0n) is 10.5. The van der Waals surface area contributed by atoms with Gasteiger partial charge in [-0.3, -0.25) is 4.79 Å². The summed E-state index contributed by atoms with van der Waals surface area (Å²) in [5.74, 6) is 0.827. The van der Waals surface area contributed by atoms with Gasteiger partial charge in [-0.1, -0.05) is 46.0 Å². The molecule has 0 heterocycles. The molecule has 1 rings (SSSR count). The molecule has 3 atom stereocenters. The van der Waals surface area contributed by atoms with E-state index < -0.39 is 5.97 Å². The first-order valence-corrected chi connectivity index (χ1v) is 6.49. The van der Waals surface area contributed by atoms with E-state index in [9.17, 15) is 4.79 Å². The van der Waals surface area contributed by atoms with Gasteiger partial charge in [0.15, 0.2) is 0 Å². The van der Waals surface area contributed by atoms with Crippen LogP contribution in [-0.2, 0) is 4.79 Å². The van der Waals surface area contributed by atoms with Gasteiger partial charge in [-0.2, -0.15) is 0 Å². The van der Waals surface area contributed by atoms with E-state index in [0.717, 1.165) is 5.92 Å². The molecule has 94 valence electrons. The summed E-state index contributed by atoms with van der Waals surface area (Å²) in [7, 11) is 0. The SMILES string of the molecule is CC(C(N)CC(=O)O)C(C)C1CCCCC1. The third kappa shape index (κ3) is 3.78. The molecule has 0 saturated heterocycles. The number of hydrogen-bond acceptors (Lipinski definition) is 2. The highest BCUT2D eigenvalue weighted by molar-refractivity contribution is 5.67. The maximum Gasteiger partial charge on any atom is 0.304 e. The van der Waals surface area contributed by atoms with Crippen molar-refractivity contribution in [3.05, 3.63) is 0 Å². The summed E-state index contributed by atoms with van der Waals surface area (Å²) < 4.78 is 0. The van der Waals surface area contributed by atoms with Crippen LogP contribution in [0.5, 0.6) is 0 Å². The van der Waals surface area contributed by atoms with E-state index in [2.05, 4.69) is 13.8 Å². The minimum absolute atomic E-state index is 0.0955. The molecule has 0 aromatic rings. The Morgan fingerprint density at radius 1 is 1.31 bits per heavy atom. The van der Waals surface area contributed by atoms with Crippen molar-refractivity contribution >= 4 is 5.97 Å². The van der Waals surface area contributed by atoms with Crippen molar-refractivity contribution in [1.29, 1.82) is 0 Å². The van der Waals surface area contributed by atoms with Crippen LogP contribution in [0.2, 0.25) is 0 Å². The monoisotopic (exact) mass is 227 g/mol. The van der Waals surface area contributed by atoms with E-state index >= 15 is 0 Å². The summed E-state index contributed by atoms with van der Waals surface area (Å²) in [5.41, 5.74) is 5.94. The second-order valence-corrected chi connectivity index (χ2v) is 5.38. The van der Waals surface area contributed by atoms with Crippen LogP contribution in [-0.4, -0.2) is 17.1 Å². The Bertz CT molecular complexity index is 224. The van der Waals surface area contributed by atoms with Crippen molar-refractivity contribution in [3.63, 3.8) is 0 Å². The van der Waals surface area contributed by atoms with E-state index in [1.807, 2.05) is 0 Å². The van der Waals surface area contributed by atoms with E-state index in [1.165, 1.54) is 32.1 Å². The zero-order valence-corrected chi connectivity index (χ0v) is 10.5. The lowest BCUT2D eigenvalue weighted by atomic mass is 9.73. The Balaban J connectivity index is 2.44. The Morgan fingerprint density at radius 3 is 2.38 bits per heavy atom. The van der Waals surface area contributed by atoms with Crippen LogP contribution in [0.1, 0.15) is 52.4 Å². The van der Waals surface area contributed by atoms with Crippen LogP contribution in [0, 0.1) is 17.8 Å². The Kier molecular flexibility index (Phi) is 5.26. The van der Waals surface area contributed by atoms with E-state index in [0.29, 0.717) is 11.8 Å². The minimum atomic E-state index is -0.782. The third-order valence-corrected chi connectivity index (χ3v) is 4.31. The highest BCUT2D eigenvalue weighted by Gasteiger charge is 2.28. The highest BCUT2D eigenvalue weighted by atomic mass is 16.4. The van der Waals surface area contributed by atoms with Gasteiger partial charge in [0.25, 0.3) is 0 Å². The van der Waals surface area contributed by atoms with Gasteiger partial charge in [0.1, 0.15) is 0 Å². The quantitative estimate of drug-likeness (QED) is 0.759. The van der Waals surface area contributed by atoms with E-state index in [4.69, 9.17) is 10.8 Å². The second-order valence-electron chi connectivity index (χ2n) is 5.38. The summed E-state index contributed by atoms with van der Waals surface area (Å²) in [6.45, 7) is 4.34. The fraction of sp³-hybridized carbons (Fsp3) is 0.923. The van der Waals surface area contributed by atoms with Gasteiger partial charge in [0.2, 0.25) is 0 Å². The maximum atomic E-state index is 10.6. The molecule has 1 aliphatic rings. The number of nitrogens with two attached hydrogens (primary N) is 1. The van der Waals surface area contributed by atoms with Crippen LogP contribution < -0.4 is 5.73 Å². The Morgan fingerprint density at radius 2 is 1.88 bits per heavy atom. The summed E-state index contributed by atoms with van der Waals surface area (Å²) in [6.07, 6.45) is 6.71. The molecule has 0 spiro atoms. The molecule has 1 aliphatic carbocycles. The van der Waals surface area contributed by atoms with Gasteiger partial charge in [0, 0.05) is 6.04 Å². The molecule has 3 heteroatoms. The summed E-state index contributed by atoms with van der Waals surface area (Å²) in [4.78, 5) is 10.6. The first-order valence-electron chi connectivity index (χ1n) is 6.49. The number of hydrogen-bond donors (Lipinski definition) is 2.